The molecule has 10 heteroatoms. The number of ether oxygens (including phenoxy) is 1. The smallest absolute Gasteiger partial charge is 0.308 e. The molecule has 0 bridgehead atoms. The molecule has 3 rings (SSSR count). The lowest BCUT2D eigenvalue weighted by atomic mass is 10.1. The highest BCUT2D eigenvalue weighted by Gasteiger charge is 2.28. The van der Waals surface area contributed by atoms with Crippen molar-refractivity contribution in [2.45, 2.75) is 11.8 Å². The van der Waals surface area contributed by atoms with Crippen molar-refractivity contribution >= 4 is 45.1 Å². The van der Waals surface area contributed by atoms with Gasteiger partial charge in [0.15, 0.2) is 5.76 Å². The van der Waals surface area contributed by atoms with Crippen LogP contribution in [-0.4, -0.2) is 19.5 Å². The van der Waals surface area contributed by atoms with Gasteiger partial charge in [-0.25, -0.2) is 13.1 Å². The van der Waals surface area contributed by atoms with E-state index >= 15 is 0 Å². The zero-order chi connectivity index (χ0) is 20.5. The quantitative estimate of drug-likeness (QED) is 0.556. The molecular formula is C18H13Cl2NO6S. The molecule has 0 unspecified atom stereocenters. The highest BCUT2D eigenvalue weighted by molar-refractivity contribution is 7.92. The molecule has 0 saturated heterocycles. The Kier molecular flexibility index (Phi) is 5.55. The molecule has 28 heavy (non-hydrogen) atoms. The van der Waals surface area contributed by atoms with Crippen molar-refractivity contribution in [3.8, 4) is 22.8 Å². The van der Waals surface area contributed by atoms with Gasteiger partial charge in [0.2, 0.25) is 11.5 Å². The number of rotatable bonds is 5. The number of hydrogen-bond acceptors (Lipinski definition) is 6. The molecule has 0 radical (unpaired) electrons. The highest BCUT2D eigenvalue weighted by atomic mass is 35.5. The van der Waals surface area contributed by atoms with E-state index in [1.54, 1.807) is 18.2 Å². The fourth-order valence-corrected chi connectivity index (χ4v) is 3.86. The minimum atomic E-state index is -4.07. The van der Waals surface area contributed by atoms with Crippen LogP contribution >= 0.6 is 23.2 Å². The predicted molar refractivity (Wildman–Crippen MR) is 104 cm³/mol. The number of esters is 1. The molecule has 0 aliphatic heterocycles. The SMILES string of the molecule is CC(=O)Oc1c(NS(=O)(=O)c2ccccc2)oc(-c2ccc(Cl)cc2Cl)c1O. The number of hydrogen-bond donors (Lipinski definition) is 2. The van der Waals surface area contributed by atoms with Gasteiger partial charge in [-0.1, -0.05) is 41.4 Å². The number of carbonyl (C=O) groups excluding carboxylic acids is 1. The van der Waals surface area contributed by atoms with E-state index in [9.17, 15) is 18.3 Å². The van der Waals surface area contributed by atoms with Gasteiger partial charge in [0.25, 0.3) is 15.9 Å². The normalized spacial score (nSPS) is 11.2. The zero-order valence-corrected chi connectivity index (χ0v) is 16.6. The Balaban J connectivity index is 2.11. The Morgan fingerprint density at radius 1 is 1.14 bits per heavy atom. The molecule has 3 aromatic rings. The number of nitrogens with one attached hydrogen (secondary N) is 1. The zero-order valence-electron chi connectivity index (χ0n) is 14.3. The van der Waals surface area contributed by atoms with Gasteiger partial charge in [0, 0.05) is 17.5 Å². The van der Waals surface area contributed by atoms with Crippen LogP contribution in [0.3, 0.4) is 0 Å². The van der Waals surface area contributed by atoms with E-state index in [2.05, 4.69) is 4.72 Å². The van der Waals surface area contributed by atoms with Gasteiger partial charge in [-0.2, -0.15) is 0 Å². The van der Waals surface area contributed by atoms with Crippen molar-refractivity contribution < 1.29 is 27.5 Å². The summed E-state index contributed by atoms with van der Waals surface area (Å²) in [6.45, 7) is 1.09. The Hall–Kier alpha value is -2.68. The van der Waals surface area contributed by atoms with Gasteiger partial charge in [-0.05, 0) is 30.3 Å². The van der Waals surface area contributed by atoms with Crippen LogP contribution in [0.25, 0.3) is 11.3 Å². The van der Waals surface area contributed by atoms with Crippen LogP contribution in [0.15, 0.2) is 57.8 Å². The minimum Gasteiger partial charge on any atom is -0.502 e. The second-order valence-corrected chi connectivity index (χ2v) is 8.10. The largest absolute Gasteiger partial charge is 0.502 e. The van der Waals surface area contributed by atoms with E-state index < -0.39 is 33.4 Å². The second-order valence-electron chi connectivity index (χ2n) is 5.57. The molecule has 2 N–H and O–H groups in total. The van der Waals surface area contributed by atoms with E-state index in [0.29, 0.717) is 5.02 Å². The lowest BCUT2D eigenvalue weighted by Gasteiger charge is -2.07. The predicted octanol–water partition coefficient (Wildman–Crippen LogP) is 4.69. The van der Waals surface area contributed by atoms with Crippen LogP contribution in [0, 0.1) is 0 Å². The summed E-state index contributed by atoms with van der Waals surface area (Å²) in [5.74, 6) is -2.52. The summed E-state index contributed by atoms with van der Waals surface area (Å²) in [5, 5.41) is 11.0. The average molecular weight is 442 g/mol. The van der Waals surface area contributed by atoms with Gasteiger partial charge in [0.05, 0.1) is 9.92 Å². The summed E-state index contributed by atoms with van der Waals surface area (Å²) < 4.78 is 37.7. The van der Waals surface area contributed by atoms with Crippen molar-refractivity contribution in [1.82, 2.24) is 0 Å². The van der Waals surface area contributed by atoms with E-state index in [4.69, 9.17) is 32.4 Å². The third-order valence-corrected chi connectivity index (χ3v) is 5.44. The topological polar surface area (TPSA) is 106 Å². The molecule has 0 atom stereocenters. The molecule has 0 aliphatic rings. The molecule has 0 saturated carbocycles. The number of carbonyl (C=O) groups is 1. The molecule has 7 nitrogen and oxygen atoms in total. The molecular weight excluding hydrogens is 429 g/mol. The number of halogens is 2. The Morgan fingerprint density at radius 2 is 1.82 bits per heavy atom. The van der Waals surface area contributed by atoms with Crippen LogP contribution in [0.4, 0.5) is 5.88 Å². The Labute approximate surface area is 170 Å². The van der Waals surface area contributed by atoms with Gasteiger partial charge in [0.1, 0.15) is 0 Å². The fourth-order valence-electron chi connectivity index (χ4n) is 2.35. The second kappa shape index (κ2) is 7.75. The van der Waals surface area contributed by atoms with E-state index in [1.807, 2.05) is 0 Å². The number of benzene rings is 2. The number of anilines is 1. The first-order chi connectivity index (χ1) is 13.2. The summed E-state index contributed by atoms with van der Waals surface area (Å²) in [7, 11) is -4.07. The van der Waals surface area contributed by atoms with Crippen LogP contribution in [0.5, 0.6) is 11.5 Å². The van der Waals surface area contributed by atoms with E-state index in [0.717, 1.165) is 6.92 Å². The molecule has 1 aromatic heterocycles. The third kappa shape index (κ3) is 4.09. The van der Waals surface area contributed by atoms with Crippen molar-refractivity contribution in [2.24, 2.45) is 0 Å². The van der Waals surface area contributed by atoms with Gasteiger partial charge in [-0.3, -0.25) is 4.79 Å². The van der Waals surface area contributed by atoms with E-state index in [1.165, 1.54) is 30.3 Å². The first kappa shape index (κ1) is 20.1. The molecule has 1 heterocycles. The molecule has 0 spiro atoms. The summed E-state index contributed by atoms with van der Waals surface area (Å²) in [6.07, 6.45) is 0. The summed E-state index contributed by atoms with van der Waals surface area (Å²) >= 11 is 12.0. The molecule has 0 amide bonds. The van der Waals surface area contributed by atoms with Crippen LogP contribution < -0.4 is 9.46 Å². The van der Waals surface area contributed by atoms with Gasteiger partial charge >= 0.3 is 5.97 Å². The monoisotopic (exact) mass is 441 g/mol. The maximum absolute atomic E-state index is 12.6. The molecule has 146 valence electrons. The Bertz CT molecular complexity index is 1140. The van der Waals surface area contributed by atoms with E-state index in [-0.39, 0.29) is 21.2 Å². The standard InChI is InChI=1S/C18H13Cl2NO6S/c1-10(22)26-17-15(23)16(13-8-7-11(19)9-14(13)20)27-18(17)21-28(24,25)12-5-3-2-4-6-12/h2-9,21,23H,1H3. The number of sulfonamides is 1. The first-order valence-electron chi connectivity index (χ1n) is 7.76. The first-order valence-corrected chi connectivity index (χ1v) is 10.0. The number of furan rings is 1. The fraction of sp³-hybridized carbons (Fsp3) is 0.0556. The lowest BCUT2D eigenvalue weighted by molar-refractivity contribution is -0.131. The highest BCUT2D eigenvalue weighted by Crippen LogP contribution is 2.48. The van der Waals surface area contributed by atoms with Crippen LogP contribution in [0.2, 0.25) is 10.0 Å². The summed E-state index contributed by atoms with van der Waals surface area (Å²) in [6, 6.07) is 11.9. The maximum Gasteiger partial charge on any atom is 0.308 e. The van der Waals surface area contributed by atoms with Gasteiger partial charge < -0.3 is 14.3 Å². The lowest BCUT2D eigenvalue weighted by Crippen LogP contribution is -2.13. The third-order valence-electron chi connectivity index (χ3n) is 3.54. The molecule has 0 fully saturated rings. The van der Waals surface area contributed by atoms with Crippen LogP contribution in [-0.2, 0) is 14.8 Å². The maximum atomic E-state index is 12.6. The summed E-state index contributed by atoms with van der Waals surface area (Å²) in [5.41, 5.74) is 0.224. The Morgan fingerprint density at radius 3 is 2.43 bits per heavy atom. The number of aromatic hydroxyl groups is 1. The van der Waals surface area contributed by atoms with Crippen molar-refractivity contribution in [2.75, 3.05) is 4.72 Å². The van der Waals surface area contributed by atoms with Crippen molar-refractivity contribution in [1.29, 1.82) is 0 Å². The van der Waals surface area contributed by atoms with Crippen molar-refractivity contribution in [3.63, 3.8) is 0 Å². The summed E-state index contributed by atoms with van der Waals surface area (Å²) in [4.78, 5) is 11.4. The molecule has 2 aromatic carbocycles. The average Bonchev–Trinajstić information content (AvgIpc) is 2.91. The molecule has 0 aliphatic carbocycles. The van der Waals surface area contributed by atoms with Crippen molar-refractivity contribution in [3.05, 3.63) is 58.6 Å². The van der Waals surface area contributed by atoms with Gasteiger partial charge in [-0.15, -0.1) is 0 Å². The van der Waals surface area contributed by atoms with Crippen LogP contribution in [0.1, 0.15) is 6.92 Å². The minimum absolute atomic E-state index is 0.0502.